The fourth-order valence-electron chi connectivity index (χ4n) is 2.50. The van der Waals surface area contributed by atoms with Crippen molar-refractivity contribution in [2.24, 2.45) is 0 Å². The second-order valence-corrected chi connectivity index (χ2v) is 5.60. The molecule has 1 aliphatic rings. The molecule has 2 heterocycles. The number of aromatic nitrogens is 2. The molecule has 0 atom stereocenters. The third-order valence-corrected chi connectivity index (χ3v) is 3.96. The second kappa shape index (κ2) is 6.28. The van der Waals surface area contributed by atoms with Crippen LogP contribution in [0.5, 0.6) is 0 Å². The Labute approximate surface area is 128 Å². The number of hydrogen-bond donors (Lipinski definition) is 1. The molecule has 0 bridgehead atoms. The molecular weight excluding hydrogens is 288 g/mol. The molecule has 1 amide bonds. The number of carbonyl (C=O) groups is 1. The Morgan fingerprint density at radius 1 is 1.14 bits per heavy atom. The van der Waals surface area contributed by atoms with Crippen molar-refractivity contribution < 1.29 is 4.79 Å². The van der Waals surface area contributed by atoms with Crippen molar-refractivity contribution in [1.29, 1.82) is 0 Å². The molecule has 1 N–H and O–H groups in total. The van der Waals surface area contributed by atoms with Gasteiger partial charge < -0.3 is 4.90 Å². The highest BCUT2D eigenvalue weighted by Crippen LogP contribution is 2.13. The number of benzene rings is 1. The molecule has 1 aromatic carbocycles. The van der Waals surface area contributed by atoms with Gasteiger partial charge in [0.15, 0.2) is 0 Å². The first-order chi connectivity index (χ1) is 10.2. The fraction of sp³-hybridized carbons (Fsp3) is 0.333. The van der Waals surface area contributed by atoms with E-state index in [1.54, 1.807) is 12.3 Å². The molecule has 21 heavy (non-hydrogen) atoms. The molecule has 1 aliphatic heterocycles. The van der Waals surface area contributed by atoms with Crippen molar-refractivity contribution in [2.75, 3.05) is 26.2 Å². The number of hydrogen-bond acceptors (Lipinski definition) is 3. The number of halogens is 1. The first kappa shape index (κ1) is 14.1. The van der Waals surface area contributed by atoms with E-state index in [0.717, 1.165) is 37.7 Å². The molecule has 3 rings (SSSR count). The van der Waals surface area contributed by atoms with Crippen molar-refractivity contribution in [3.8, 4) is 0 Å². The van der Waals surface area contributed by atoms with Crippen LogP contribution in [0.25, 0.3) is 0 Å². The lowest BCUT2D eigenvalue weighted by Crippen LogP contribution is -2.48. The van der Waals surface area contributed by atoms with Crippen LogP contribution in [0.3, 0.4) is 0 Å². The fourth-order valence-corrected chi connectivity index (χ4v) is 2.63. The molecule has 0 unspecified atom stereocenters. The summed E-state index contributed by atoms with van der Waals surface area (Å²) in [6.07, 6.45) is 1.60. The number of aromatic amines is 1. The standard InChI is InChI=1S/C15H17ClN4O/c16-13-3-1-12(2-4-13)11-19-7-9-20(10-8-19)15(21)14-5-6-17-18-14/h1-6H,7-11H2,(H,17,18). The van der Waals surface area contributed by atoms with Gasteiger partial charge in [-0.05, 0) is 23.8 Å². The highest BCUT2D eigenvalue weighted by Gasteiger charge is 2.22. The molecule has 110 valence electrons. The smallest absolute Gasteiger partial charge is 0.271 e. The van der Waals surface area contributed by atoms with Gasteiger partial charge in [0.2, 0.25) is 0 Å². The normalized spacial score (nSPS) is 16.1. The molecular formula is C15H17ClN4O. The van der Waals surface area contributed by atoms with Gasteiger partial charge in [-0.15, -0.1) is 0 Å². The summed E-state index contributed by atoms with van der Waals surface area (Å²) in [5, 5.41) is 7.30. The SMILES string of the molecule is O=C(c1ccn[nH]1)N1CCN(Cc2ccc(Cl)cc2)CC1. The molecule has 0 radical (unpaired) electrons. The highest BCUT2D eigenvalue weighted by atomic mass is 35.5. The van der Waals surface area contributed by atoms with Crippen molar-refractivity contribution in [1.82, 2.24) is 20.0 Å². The highest BCUT2D eigenvalue weighted by molar-refractivity contribution is 6.30. The zero-order chi connectivity index (χ0) is 14.7. The van der Waals surface area contributed by atoms with Gasteiger partial charge in [0.1, 0.15) is 5.69 Å². The summed E-state index contributed by atoms with van der Waals surface area (Å²) in [6, 6.07) is 9.63. The van der Waals surface area contributed by atoms with Gasteiger partial charge in [-0.1, -0.05) is 23.7 Å². The van der Waals surface area contributed by atoms with E-state index in [0.29, 0.717) is 5.69 Å². The van der Waals surface area contributed by atoms with Crippen molar-refractivity contribution in [2.45, 2.75) is 6.54 Å². The zero-order valence-electron chi connectivity index (χ0n) is 11.6. The van der Waals surface area contributed by atoms with Crippen LogP contribution in [-0.2, 0) is 6.54 Å². The minimum Gasteiger partial charge on any atom is -0.335 e. The predicted octanol–water partition coefficient (Wildman–Crippen LogP) is 2.02. The van der Waals surface area contributed by atoms with Gasteiger partial charge in [0, 0.05) is 43.9 Å². The molecule has 6 heteroatoms. The van der Waals surface area contributed by atoms with E-state index in [4.69, 9.17) is 11.6 Å². The maximum atomic E-state index is 12.2. The van der Waals surface area contributed by atoms with Crippen molar-refractivity contribution in [3.05, 3.63) is 52.8 Å². The molecule has 0 aliphatic carbocycles. The largest absolute Gasteiger partial charge is 0.335 e. The van der Waals surface area contributed by atoms with Gasteiger partial charge in [-0.2, -0.15) is 5.10 Å². The van der Waals surface area contributed by atoms with E-state index < -0.39 is 0 Å². The Morgan fingerprint density at radius 3 is 2.48 bits per heavy atom. The minimum absolute atomic E-state index is 0.0265. The van der Waals surface area contributed by atoms with Gasteiger partial charge >= 0.3 is 0 Å². The summed E-state index contributed by atoms with van der Waals surface area (Å²) in [7, 11) is 0. The van der Waals surface area contributed by atoms with E-state index in [2.05, 4.69) is 15.1 Å². The number of carbonyl (C=O) groups excluding carboxylic acids is 1. The third-order valence-electron chi connectivity index (χ3n) is 3.71. The monoisotopic (exact) mass is 304 g/mol. The lowest BCUT2D eigenvalue weighted by molar-refractivity contribution is 0.0622. The third kappa shape index (κ3) is 3.43. The summed E-state index contributed by atoms with van der Waals surface area (Å²) in [6.45, 7) is 4.13. The van der Waals surface area contributed by atoms with Crippen LogP contribution in [-0.4, -0.2) is 52.1 Å². The van der Waals surface area contributed by atoms with E-state index in [1.165, 1.54) is 5.56 Å². The number of nitrogens with zero attached hydrogens (tertiary/aromatic N) is 3. The lowest BCUT2D eigenvalue weighted by Gasteiger charge is -2.34. The topological polar surface area (TPSA) is 52.2 Å². The Hall–Kier alpha value is -1.85. The second-order valence-electron chi connectivity index (χ2n) is 5.17. The van der Waals surface area contributed by atoms with E-state index in [-0.39, 0.29) is 5.91 Å². The summed E-state index contributed by atoms with van der Waals surface area (Å²) >= 11 is 5.89. The van der Waals surface area contributed by atoms with Crippen LogP contribution in [0.4, 0.5) is 0 Å². The van der Waals surface area contributed by atoms with E-state index >= 15 is 0 Å². The van der Waals surface area contributed by atoms with Crippen molar-refractivity contribution >= 4 is 17.5 Å². The van der Waals surface area contributed by atoms with Crippen LogP contribution < -0.4 is 0 Å². The first-order valence-corrected chi connectivity index (χ1v) is 7.35. The van der Waals surface area contributed by atoms with E-state index in [1.807, 2.05) is 29.2 Å². The molecule has 5 nitrogen and oxygen atoms in total. The zero-order valence-corrected chi connectivity index (χ0v) is 12.4. The van der Waals surface area contributed by atoms with Crippen LogP contribution in [0.15, 0.2) is 36.5 Å². The summed E-state index contributed by atoms with van der Waals surface area (Å²) < 4.78 is 0. The van der Waals surface area contributed by atoms with Crippen molar-refractivity contribution in [3.63, 3.8) is 0 Å². The molecule has 0 saturated carbocycles. The molecule has 1 saturated heterocycles. The average Bonchev–Trinajstić information content (AvgIpc) is 3.04. The maximum Gasteiger partial charge on any atom is 0.271 e. The summed E-state index contributed by atoms with van der Waals surface area (Å²) in [5.41, 5.74) is 1.80. The Morgan fingerprint density at radius 2 is 1.86 bits per heavy atom. The van der Waals surface area contributed by atoms with Crippen LogP contribution in [0, 0.1) is 0 Å². The Bertz CT molecular complexity index is 589. The lowest BCUT2D eigenvalue weighted by atomic mass is 10.2. The van der Waals surface area contributed by atoms with Gasteiger partial charge in [0.05, 0.1) is 0 Å². The van der Waals surface area contributed by atoms with E-state index in [9.17, 15) is 4.79 Å². The minimum atomic E-state index is 0.0265. The molecule has 0 spiro atoms. The Kier molecular flexibility index (Phi) is 4.22. The van der Waals surface area contributed by atoms with Gasteiger partial charge in [-0.25, -0.2) is 0 Å². The maximum absolute atomic E-state index is 12.2. The number of amides is 1. The summed E-state index contributed by atoms with van der Waals surface area (Å²) in [4.78, 5) is 16.4. The van der Waals surface area contributed by atoms with Crippen LogP contribution in [0.2, 0.25) is 5.02 Å². The average molecular weight is 305 g/mol. The number of piperazine rings is 1. The van der Waals surface area contributed by atoms with Gasteiger partial charge in [0.25, 0.3) is 5.91 Å². The molecule has 2 aromatic rings. The number of H-pyrrole nitrogens is 1. The van der Waals surface area contributed by atoms with Gasteiger partial charge in [-0.3, -0.25) is 14.8 Å². The van der Waals surface area contributed by atoms with Crippen LogP contribution >= 0.6 is 11.6 Å². The number of nitrogens with one attached hydrogen (secondary N) is 1. The predicted molar refractivity (Wildman–Crippen MR) is 81.2 cm³/mol. The Balaban J connectivity index is 1.53. The quantitative estimate of drug-likeness (QED) is 0.944. The summed E-state index contributed by atoms with van der Waals surface area (Å²) in [5.74, 6) is 0.0265. The molecule has 1 fully saturated rings. The number of rotatable bonds is 3. The molecule has 1 aromatic heterocycles. The first-order valence-electron chi connectivity index (χ1n) is 6.98. The van der Waals surface area contributed by atoms with Crippen LogP contribution in [0.1, 0.15) is 16.1 Å².